The van der Waals surface area contributed by atoms with E-state index in [4.69, 9.17) is 11.6 Å². The van der Waals surface area contributed by atoms with Gasteiger partial charge in [0.2, 0.25) is 0 Å². The molecule has 0 unspecified atom stereocenters. The van der Waals surface area contributed by atoms with Gasteiger partial charge in [-0.05, 0) is 30.3 Å². The minimum Gasteiger partial charge on any atom is -0.379 e. The summed E-state index contributed by atoms with van der Waals surface area (Å²) >= 11 is 12.6. The molecule has 7 heteroatoms. The van der Waals surface area contributed by atoms with E-state index >= 15 is 0 Å². The smallest absolute Gasteiger partial charge is 0.275 e. The molecule has 104 valence electrons. The highest BCUT2D eigenvalue weighted by Gasteiger charge is 2.14. The van der Waals surface area contributed by atoms with E-state index in [9.17, 15) is 10.1 Å². The molecule has 0 radical (unpaired) electrons. The Morgan fingerprint density at radius 1 is 1.15 bits per heavy atom. The Balaban J connectivity index is 2.20. The Labute approximate surface area is 137 Å². The Hall–Kier alpha value is -1.11. The summed E-state index contributed by atoms with van der Waals surface area (Å²) in [6, 6.07) is 10.4. The predicted molar refractivity (Wildman–Crippen MR) is 87.3 cm³/mol. The molecule has 0 bridgehead atoms. The molecule has 0 amide bonds. The van der Waals surface area contributed by atoms with Crippen LogP contribution in [0.4, 0.5) is 11.4 Å². The number of nitrogens with zero attached hydrogens (tertiary/aromatic N) is 1. The van der Waals surface area contributed by atoms with Crippen molar-refractivity contribution >= 4 is 54.8 Å². The summed E-state index contributed by atoms with van der Waals surface area (Å²) in [6.45, 7) is 0.324. The van der Waals surface area contributed by atoms with Gasteiger partial charge in [-0.25, -0.2) is 0 Å². The van der Waals surface area contributed by atoms with Crippen molar-refractivity contribution in [2.24, 2.45) is 0 Å². The van der Waals surface area contributed by atoms with E-state index in [2.05, 4.69) is 37.2 Å². The molecule has 0 atom stereocenters. The number of benzene rings is 2. The number of rotatable bonds is 4. The second-order valence-corrected chi connectivity index (χ2v) is 6.25. The van der Waals surface area contributed by atoms with Crippen LogP contribution in [0.3, 0.4) is 0 Å². The zero-order valence-corrected chi connectivity index (χ0v) is 14.0. The number of halogens is 3. The normalized spacial score (nSPS) is 10.3. The summed E-state index contributed by atoms with van der Waals surface area (Å²) in [5.41, 5.74) is 1.39. The Kier molecular flexibility index (Phi) is 5.01. The van der Waals surface area contributed by atoms with Crippen LogP contribution in [0.5, 0.6) is 0 Å². The molecular formula is C13H9Br2ClN2O2. The van der Waals surface area contributed by atoms with Crippen LogP contribution in [-0.2, 0) is 6.54 Å². The molecule has 0 aliphatic carbocycles. The number of nitro groups is 1. The van der Waals surface area contributed by atoms with Gasteiger partial charge in [0.15, 0.2) is 0 Å². The van der Waals surface area contributed by atoms with Crippen molar-refractivity contribution in [2.75, 3.05) is 5.32 Å². The van der Waals surface area contributed by atoms with Crippen LogP contribution in [-0.4, -0.2) is 4.92 Å². The first-order valence-electron chi connectivity index (χ1n) is 5.59. The van der Waals surface area contributed by atoms with Crippen LogP contribution in [0, 0.1) is 10.1 Å². The minimum absolute atomic E-state index is 0.0695. The van der Waals surface area contributed by atoms with Crippen LogP contribution >= 0.6 is 43.5 Å². The fourth-order valence-corrected chi connectivity index (χ4v) is 2.77. The fourth-order valence-electron chi connectivity index (χ4n) is 1.68. The third kappa shape index (κ3) is 3.71. The average Bonchev–Trinajstić information content (AvgIpc) is 2.38. The van der Waals surface area contributed by atoms with Gasteiger partial charge in [-0.15, -0.1) is 0 Å². The van der Waals surface area contributed by atoms with Gasteiger partial charge in [-0.1, -0.05) is 43.5 Å². The summed E-state index contributed by atoms with van der Waals surface area (Å²) in [5.74, 6) is 0. The predicted octanol–water partition coefficient (Wildman–Crippen LogP) is 5.39. The van der Waals surface area contributed by atoms with Gasteiger partial charge in [0.25, 0.3) is 5.69 Å². The standard InChI is InChI=1S/C13H9Br2ClN2O2/c14-9-3-4-12(11(16)5-9)17-7-8-1-2-10(15)6-13(8)18(19)20/h1-6,17H,7H2. The lowest BCUT2D eigenvalue weighted by Gasteiger charge is -2.09. The van der Waals surface area contributed by atoms with Gasteiger partial charge in [0.05, 0.1) is 15.6 Å². The molecule has 0 aliphatic rings. The zero-order chi connectivity index (χ0) is 14.7. The van der Waals surface area contributed by atoms with Crippen LogP contribution in [0.1, 0.15) is 5.56 Å². The van der Waals surface area contributed by atoms with Crippen molar-refractivity contribution in [3.05, 3.63) is 66.0 Å². The molecule has 20 heavy (non-hydrogen) atoms. The van der Waals surface area contributed by atoms with Gasteiger partial charge in [0, 0.05) is 27.1 Å². The van der Waals surface area contributed by atoms with E-state index in [1.165, 1.54) is 6.07 Å². The van der Waals surface area contributed by atoms with E-state index < -0.39 is 4.92 Å². The molecule has 0 spiro atoms. The van der Waals surface area contributed by atoms with Crippen LogP contribution < -0.4 is 5.32 Å². The molecule has 1 N–H and O–H groups in total. The average molecular weight is 420 g/mol. The summed E-state index contributed by atoms with van der Waals surface area (Å²) in [7, 11) is 0. The number of hydrogen-bond acceptors (Lipinski definition) is 3. The SMILES string of the molecule is O=[N+]([O-])c1cc(Br)ccc1CNc1ccc(Br)cc1Cl. The molecule has 2 aromatic rings. The molecule has 0 heterocycles. The highest BCUT2D eigenvalue weighted by molar-refractivity contribution is 9.10. The van der Waals surface area contributed by atoms with Crippen LogP contribution in [0.15, 0.2) is 45.3 Å². The Morgan fingerprint density at radius 3 is 2.45 bits per heavy atom. The largest absolute Gasteiger partial charge is 0.379 e. The summed E-state index contributed by atoms with van der Waals surface area (Å²) in [5, 5.41) is 14.7. The second-order valence-electron chi connectivity index (χ2n) is 4.01. The number of nitro benzene ring substituents is 1. The number of anilines is 1. The maximum Gasteiger partial charge on any atom is 0.275 e. The lowest BCUT2D eigenvalue weighted by molar-refractivity contribution is -0.385. The first-order chi connectivity index (χ1) is 9.47. The summed E-state index contributed by atoms with van der Waals surface area (Å²) in [4.78, 5) is 10.6. The van der Waals surface area contributed by atoms with Gasteiger partial charge in [-0.3, -0.25) is 10.1 Å². The fraction of sp³-hybridized carbons (Fsp3) is 0.0769. The van der Waals surface area contributed by atoms with E-state index in [0.29, 0.717) is 21.6 Å². The van der Waals surface area contributed by atoms with Crippen molar-refractivity contribution in [1.29, 1.82) is 0 Å². The molecule has 0 saturated heterocycles. The lowest BCUT2D eigenvalue weighted by Crippen LogP contribution is -2.03. The Bertz CT molecular complexity index is 665. The van der Waals surface area contributed by atoms with E-state index in [-0.39, 0.29) is 5.69 Å². The van der Waals surface area contributed by atoms with Gasteiger partial charge >= 0.3 is 0 Å². The van der Waals surface area contributed by atoms with Crippen molar-refractivity contribution in [2.45, 2.75) is 6.54 Å². The van der Waals surface area contributed by atoms with Crippen molar-refractivity contribution in [3.8, 4) is 0 Å². The van der Waals surface area contributed by atoms with Crippen molar-refractivity contribution in [3.63, 3.8) is 0 Å². The van der Waals surface area contributed by atoms with E-state index in [0.717, 1.165) is 10.2 Å². The number of nitrogens with one attached hydrogen (secondary N) is 1. The molecule has 0 aromatic heterocycles. The van der Waals surface area contributed by atoms with Gasteiger partial charge < -0.3 is 5.32 Å². The zero-order valence-electron chi connectivity index (χ0n) is 10.1. The molecular weight excluding hydrogens is 411 g/mol. The molecule has 2 aromatic carbocycles. The highest BCUT2D eigenvalue weighted by Crippen LogP contribution is 2.28. The lowest BCUT2D eigenvalue weighted by atomic mass is 10.2. The minimum atomic E-state index is -0.398. The monoisotopic (exact) mass is 418 g/mol. The number of hydrogen-bond donors (Lipinski definition) is 1. The summed E-state index contributed by atoms with van der Waals surface area (Å²) in [6.07, 6.45) is 0. The molecule has 4 nitrogen and oxygen atoms in total. The van der Waals surface area contributed by atoms with Crippen LogP contribution in [0.25, 0.3) is 0 Å². The quantitative estimate of drug-likeness (QED) is 0.533. The molecule has 0 aliphatic heterocycles. The van der Waals surface area contributed by atoms with Crippen LogP contribution in [0.2, 0.25) is 5.02 Å². The van der Waals surface area contributed by atoms with Crippen molar-refractivity contribution in [1.82, 2.24) is 0 Å². The first-order valence-corrected chi connectivity index (χ1v) is 7.55. The molecule has 0 fully saturated rings. The van der Waals surface area contributed by atoms with Crippen molar-refractivity contribution < 1.29 is 4.92 Å². The molecule has 2 rings (SSSR count). The third-order valence-corrected chi connectivity index (χ3v) is 3.94. The topological polar surface area (TPSA) is 55.2 Å². The van der Waals surface area contributed by atoms with E-state index in [1.807, 2.05) is 12.1 Å². The van der Waals surface area contributed by atoms with E-state index in [1.54, 1.807) is 18.2 Å². The second kappa shape index (κ2) is 6.56. The molecule has 0 saturated carbocycles. The van der Waals surface area contributed by atoms with Gasteiger partial charge in [0.1, 0.15) is 0 Å². The Morgan fingerprint density at radius 2 is 1.80 bits per heavy atom. The summed E-state index contributed by atoms with van der Waals surface area (Å²) < 4.78 is 1.55. The van der Waals surface area contributed by atoms with Gasteiger partial charge in [-0.2, -0.15) is 0 Å². The first kappa shape index (κ1) is 15.3. The highest BCUT2D eigenvalue weighted by atomic mass is 79.9. The third-order valence-electron chi connectivity index (χ3n) is 2.64. The maximum absolute atomic E-state index is 11.0. The maximum atomic E-state index is 11.0.